The van der Waals surface area contributed by atoms with Gasteiger partial charge in [0.1, 0.15) is 5.41 Å². The summed E-state index contributed by atoms with van der Waals surface area (Å²) >= 11 is 0. The van der Waals surface area contributed by atoms with E-state index in [2.05, 4.69) is 6.07 Å². The maximum absolute atomic E-state index is 12.2. The molecule has 0 spiro atoms. The van der Waals surface area contributed by atoms with E-state index in [9.17, 15) is 4.79 Å². The fraction of sp³-hybridized carbons (Fsp3) is 0.818. The highest BCUT2D eigenvalue weighted by atomic mass is 16.3. The molecule has 5 heteroatoms. The predicted molar refractivity (Wildman–Crippen MR) is 57.3 cm³/mol. The van der Waals surface area contributed by atoms with Crippen LogP contribution in [0.1, 0.15) is 25.7 Å². The van der Waals surface area contributed by atoms with Crippen LogP contribution in [0.5, 0.6) is 0 Å². The van der Waals surface area contributed by atoms with Crippen LogP contribution in [-0.2, 0) is 4.79 Å². The lowest BCUT2D eigenvalue weighted by Gasteiger charge is -2.28. The first-order chi connectivity index (χ1) is 7.70. The number of hydrogen-bond acceptors (Lipinski definition) is 4. The molecule has 1 saturated carbocycles. The van der Waals surface area contributed by atoms with Gasteiger partial charge in [-0.2, -0.15) is 5.26 Å². The Morgan fingerprint density at radius 3 is 2.12 bits per heavy atom. The van der Waals surface area contributed by atoms with E-state index in [-0.39, 0.29) is 32.2 Å². The van der Waals surface area contributed by atoms with Gasteiger partial charge in [0.15, 0.2) is 0 Å². The second-order valence-electron chi connectivity index (χ2n) is 4.14. The molecule has 0 aromatic carbocycles. The van der Waals surface area contributed by atoms with Gasteiger partial charge < -0.3 is 15.1 Å². The van der Waals surface area contributed by atoms with Gasteiger partial charge in [0.05, 0.1) is 19.3 Å². The van der Waals surface area contributed by atoms with Gasteiger partial charge >= 0.3 is 0 Å². The molecular formula is C11H18N2O3. The molecule has 1 fully saturated rings. The summed E-state index contributed by atoms with van der Waals surface area (Å²) in [6.07, 6.45) is 2.97. The van der Waals surface area contributed by atoms with Crippen molar-refractivity contribution in [3.63, 3.8) is 0 Å². The second-order valence-corrected chi connectivity index (χ2v) is 4.14. The van der Waals surface area contributed by atoms with Crippen LogP contribution in [0.4, 0.5) is 0 Å². The summed E-state index contributed by atoms with van der Waals surface area (Å²) in [7, 11) is 0. The third-order valence-corrected chi connectivity index (χ3v) is 3.11. The van der Waals surface area contributed by atoms with Crippen molar-refractivity contribution in [2.24, 2.45) is 5.41 Å². The second kappa shape index (κ2) is 5.83. The van der Waals surface area contributed by atoms with Crippen LogP contribution in [0.3, 0.4) is 0 Å². The zero-order chi connectivity index (χ0) is 12.0. The minimum atomic E-state index is -0.912. The summed E-state index contributed by atoms with van der Waals surface area (Å²) < 4.78 is 0. The van der Waals surface area contributed by atoms with Gasteiger partial charge in [0, 0.05) is 13.1 Å². The van der Waals surface area contributed by atoms with Gasteiger partial charge in [-0.3, -0.25) is 4.79 Å². The molecular weight excluding hydrogens is 208 g/mol. The number of carbonyl (C=O) groups is 1. The van der Waals surface area contributed by atoms with Crippen molar-refractivity contribution in [2.45, 2.75) is 25.7 Å². The van der Waals surface area contributed by atoms with Gasteiger partial charge in [-0.1, -0.05) is 12.8 Å². The number of carbonyl (C=O) groups excluding carboxylic acids is 1. The quantitative estimate of drug-likeness (QED) is 0.684. The number of hydrogen-bond donors (Lipinski definition) is 2. The first-order valence-corrected chi connectivity index (χ1v) is 5.62. The van der Waals surface area contributed by atoms with Crippen LogP contribution in [0.15, 0.2) is 0 Å². The number of amides is 1. The molecule has 1 amide bonds. The van der Waals surface area contributed by atoms with E-state index in [1.165, 1.54) is 4.90 Å². The molecule has 16 heavy (non-hydrogen) atoms. The highest BCUT2D eigenvalue weighted by Gasteiger charge is 2.43. The maximum atomic E-state index is 12.2. The van der Waals surface area contributed by atoms with E-state index in [0.29, 0.717) is 12.8 Å². The molecule has 0 saturated heterocycles. The predicted octanol–water partition coefficient (Wildman–Crippen LogP) is -0.116. The summed E-state index contributed by atoms with van der Waals surface area (Å²) in [5.41, 5.74) is -0.912. The smallest absolute Gasteiger partial charge is 0.243 e. The monoisotopic (exact) mass is 226 g/mol. The van der Waals surface area contributed by atoms with E-state index in [0.717, 1.165) is 12.8 Å². The Bertz CT molecular complexity index is 273. The van der Waals surface area contributed by atoms with Gasteiger partial charge in [-0.05, 0) is 12.8 Å². The fourth-order valence-electron chi connectivity index (χ4n) is 2.21. The van der Waals surface area contributed by atoms with Gasteiger partial charge in [-0.15, -0.1) is 0 Å². The normalized spacial score (nSPS) is 18.1. The van der Waals surface area contributed by atoms with Crippen LogP contribution >= 0.6 is 0 Å². The first-order valence-electron chi connectivity index (χ1n) is 5.62. The van der Waals surface area contributed by atoms with Crippen LogP contribution in [-0.4, -0.2) is 47.3 Å². The topological polar surface area (TPSA) is 84.6 Å². The molecule has 0 aromatic rings. The first kappa shape index (κ1) is 12.9. The Morgan fingerprint density at radius 1 is 1.25 bits per heavy atom. The lowest BCUT2D eigenvalue weighted by molar-refractivity contribution is -0.139. The summed E-state index contributed by atoms with van der Waals surface area (Å²) in [5, 5.41) is 26.9. The summed E-state index contributed by atoms with van der Waals surface area (Å²) in [6.45, 7) is 0.0755. The van der Waals surface area contributed by atoms with Crippen molar-refractivity contribution in [1.82, 2.24) is 4.90 Å². The molecule has 1 aliphatic carbocycles. The Kier molecular flexibility index (Phi) is 4.71. The molecule has 90 valence electrons. The zero-order valence-electron chi connectivity index (χ0n) is 9.35. The third kappa shape index (κ3) is 2.52. The standard InChI is InChI=1S/C11H18N2O3/c12-9-11(3-1-2-4-11)10(16)13(5-7-14)6-8-15/h14-15H,1-8H2. The zero-order valence-corrected chi connectivity index (χ0v) is 9.35. The Morgan fingerprint density at radius 2 is 1.75 bits per heavy atom. The van der Waals surface area contributed by atoms with Crippen molar-refractivity contribution < 1.29 is 15.0 Å². The minimum Gasteiger partial charge on any atom is -0.395 e. The van der Waals surface area contributed by atoms with E-state index < -0.39 is 5.41 Å². The number of nitrogens with zero attached hydrogens (tertiary/aromatic N) is 2. The number of aliphatic hydroxyl groups is 2. The van der Waals surface area contributed by atoms with Crippen molar-refractivity contribution >= 4 is 5.91 Å². The van der Waals surface area contributed by atoms with E-state index in [4.69, 9.17) is 15.5 Å². The van der Waals surface area contributed by atoms with Crippen molar-refractivity contribution in [1.29, 1.82) is 5.26 Å². The molecule has 0 heterocycles. The molecule has 0 bridgehead atoms. The van der Waals surface area contributed by atoms with E-state index in [1.54, 1.807) is 0 Å². The molecule has 0 aliphatic heterocycles. The largest absolute Gasteiger partial charge is 0.395 e. The van der Waals surface area contributed by atoms with Gasteiger partial charge in [0.25, 0.3) is 0 Å². The highest BCUT2D eigenvalue weighted by molar-refractivity contribution is 5.85. The van der Waals surface area contributed by atoms with Crippen molar-refractivity contribution in [3.05, 3.63) is 0 Å². The van der Waals surface area contributed by atoms with Crippen LogP contribution in [0.2, 0.25) is 0 Å². The van der Waals surface area contributed by atoms with Crippen LogP contribution in [0, 0.1) is 16.7 Å². The van der Waals surface area contributed by atoms with E-state index in [1.807, 2.05) is 0 Å². The fourth-order valence-corrected chi connectivity index (χ4v) is 2.21. The molecule has 0 atom stereocenters. The summed E-state index contributed by atoms with van der Waals surface area (Å²) in [5.74, 6) is -0.240. The Labute approximate surface area is 95.3 Å². The van der Waals surface area contributed by atoms with Crippen LogP contribution in [0.25, 0.3) is 0 Å². The molecule has 0 aromatic heterocycles. The molecule has 5 nitrogen and oxygen atoms in total. The molecule has 0 unspecified atom stereocenters. The minimum absolute atomic E-state index is 0.146. The maximum Gasteiger partial charge on any atom is 0.243 e. The summed E-state index contributed by atoms with van der Waals surface area (Å²) in [4.78, 5) is 13.5. The molecule has 1 aliphatic rings. The SMILES string of the molecule is N#CC1(C(=O)N(CCO)CCO)CCCC1. The van der Waals surface area contributed by atoms with Crippen LogP contribution < -0.4 is 0 Å². The van der Waals surface area contributed by atoms with Gasteiger partial charge in [0.2, 0.25) is 5.91 Å². The highest BCUT2D eigenvalue weighted by Crippen LogP contribution is 2.39. The molecule has 0 radical (unpaired) electrons. The number of nitriles is 1. The number of aliphatic hydroxyl groups excluding tert-OH is 2. The Hall–Kier alpha value is -1.12. The molecule has 1 rings (SSSR count). The van der Waals surface area contributed by atoms with E-state index >= 15 is 0 Å². The van der Waals surface area contributed by atoms with Gasteiger partial charge in [-0.25, -0.2) is 0 Å². The average molecular weight is 226 g/mol. The molecule has 2 N–H and O–H groups in total. The Balaban J connectivity index is 2.75. The van der Waals surface area contributed by atoms with Crippen molar-refractivity contribution in [2.75, 3.05) is 26.3 Å². The lowest BCUT2D eigenvalue weighted by Crippen LogP contribution is -2.44. The number of rotatable bonds is 5. The lowest BCUT2D eigenvalue weighted by atomic mass is 9.86. The summed E-state index contributed by atoms with van der Waals surface area (Å²) in [6, 6.07) is 2.12. The average Bonchev–Trinajstić information content (AvgIpc) is 2.77. The third-order valence-electron chi connectivity index (χ3n) is 3.11. The van der Waals surface area contributed by atoms with Crippen molar-refractivity contribution in [3.8, 4) is 6.07 Å².